The fourth-order valence-electron chi connectivity index (χ4n) is 1.73. The maximum Gasteiger partial charge on any atom is 0.240 e. The lowest BCUT2D eigenvalue weighted by molar-refractivity contribution is 0.273. The first-order valence-corrected chi connectivity index (χ1v) is 9.11. The highest BCUT2D eigenvalue weighted by Crippen LogP contribution is 2.22. The van der Waals surface area contributed by atoms with E-state index in [1.165, 1.54) is 19.2 Å². The predicted molar refractivity (Wildman–Crippen MR) is 81.7 cm³/mol. The lowest BCUT2D eigenvalue weighted by Gasteiger charge is -2.15. The van der Waals surface area contributed by atoms with Crippen LogP contribution in [-0.4, -0.2) is 38.7 Å². The third kappa shape index (κ3) is 4.66. The van der Waals surface area contributed by atoms with Gasteiger partial charge in [-0.05, 0) is 43.6 Å². The highest BCUT2D eigenvalue weighted by molar-refractivity contribution is 7.98. The van der Waals surface area contributed by atoms with Crippen LogP contribution < -0.4 is 9.46 Å². The number of methoxy groups -OCH3 is 1. The van der Waals surface area contributed by atoms with Gasteiger partial charge in [0.1, 0.15) is 5.75 Å². The number of benzene rings is 1. The van der Waals surface area contributed by atoms with Crippen molar-refractivity contribution >= 4 is 21.8 Å². The Labute approximate surface area is 124 Å². The minimum absolute atomic E-state index is 0.132. The van der Waals surface area contributed by atoms with E-state index in [0.717, 1.165) is 12.2 Å². The van der Waals surface area contributed by atoms with E-state index in [9.17, 15) is 13.5 Å². The van der Waals surface area contributed by atoms with Gasteiger partial charge in [-0.1, -0.05) is 0 Å². The molecule has 1 atom stereocenters. The maximum atomic E-state index is 12.2. The standard InChI is InChI=1S/C13H21NO4S2/c1-10(6-7-19-3)14-20(16,17)12-4-5-13(18-2)11(8-12)9-15/h4-5,8,10,14-15H,6-7,9H2,1-3H3. The number of aliphatic hydroxyl groups excluding tert-OH is 1. The second-order valence-corrected chi connectivity index (χ2v) is 7.14. The summed E-state index contributed by atoms with van der Waals surface area (Å²) in [5, 5.41) is 9.24. The topological polar surface area (TPSA) is 75.6 Å². The third-order valence-electron chi connectivity index (χ3n) is 2.84. The van der Waals surface area contributed by atoms with E-state index >= 15 is 0 Å². The number of ether oxygens (including phenoxy) is 1. The molecule has 0 radical (unpaired) electrons. The monoisotopic (exact) mass is 319 g/mol. The van der Waals surface area contributed by atoms with Crippen molar-refractivity contribution in [2.75, 3.05) is 19.1 Å². The summed E-state index contributed by atoms with van der Waals surface area (Å²) >= 11 is 1.68. The molecule has 0 saturated heterocycles. The molecule has 5 nitrogen and oxygen atoms in total. The van der Waals surface area contributed by atoms with Crippen LogP contribution in [0.1, 0.15) is 18.9 Å². The average molecular weight is 319 g/mol. The van der Waals surface area contributed by atoms with Crippen molar-refractivity contribution in [3.05, 3.63) is 23.8 Å². The van der Waals surface area contributed by atoms with Gasteiger partial charge in [0, 0.05) is 11.6 Å². The van der Waals surface area contributed by atoms with Crippen LogP contribution in [0.4, 0.5) is 0 Å². The van der Waals surface area contributed by atoms with Crippen molar-refractivity contribution in [3.8, 4) is 5.75 Å². The molecule has 20 heavy (non-hydrogen) atoms. The zero-order chi connectivity index (χ0) is 15.2. The largest absolute Gasteiger partial charge is 0.496 e. The first kappa shape index (κ1) is 17.3. The van der Waals surface area contributed by atoms with Gasteiger partial charge < -0.3 is 9.84 Å². The number of sulfonamides is 1. The molecule has 0 bridgehead atoms. The van der Waals surface area contributed by atoms with Crippen LogP contribution in [-0.2, 0) is 16.6 Å². The third-order valence-corrected chi connectivity index (χ3v) is 5.07. The molecule has 1 aromatic carbocycles. The molecule has 1 aromatic rings. The number of nitrogens with one attached hydrogen (secondary N) is 1. The SMILES string of the molecule is COc1ccc(S(=O)(=O)NC(C)CCSC)cc1CO. The molecular formula is C13H21NO4S2. The van der Waals surface area contributed by atoms with Crippen molar-refractivity contribution in [2.45, 2.75) is 30.9 Å². The Kier molecular flexibility index (Phi) is 6.81. The fourth-order valence-corrected chi connectivity index (χ4v) is 3.65. The van der Waals surface area contributed by atoms with E-state index in [2.05, 4.69) is 4.72 Å². The van der Waals surface area contributed by atoms with Crippen molar-refractivity contribution in [3.63, 3.8) is 0 Å². The molecule has 7 heteroatoms. The summed E-state index contributed by atoms with van der Waals surface area (Å²) in [6.45, 7) is 1.57. The smallest absolute Gasteiger partial charge is 0.240 e. The Balaban J connectivity index is 2.92. The first-order valence-electron chi connectivity index (χ1n) is 6.23. The van der Waals surface area contributed by atoms with Crippen molar-refractivity contribution in [2.24, 2.45) is 0 Å². The highest BCUT2D eigenvalue weighted by atomic mass is 32.2. The number of thioether (sulfide) groups is 1. The fraction of sp³-hybridized carbons (Fsp3) is 0.538. The lowest BCUT2D eigenvalue weighted by atomic mass is 10.2. The van der Waals surface area contributed by atoms with Gasteiger partial charge in [-0.15, -0.1) is 0 Å². The Morgan fingerprint density at radius 2 is 2.15 bits per heavy atom. The molecular weight excluding hydrogens is 298 g/mol. The molecule has 0 saturated carbocycles. The van der Waals surface area contributed by atoms with Gasteiger partial charge in [-0.25, -0.2) is 13.1 Å². The Bertz CT molecular complexity index is 531. The Morgan fingerprint density at radius 1 is 1.45 bits per heavy atom. The second kappa shape index (κ2) is 7.87. The van der Waals surface area contributed by atoms with Crippen molar-refractivity contribution in [1.29, 1.82) is 0 Å². The van der Waals surface area contributed by atoms with E-state index in [1.807, 2.05) is 13.2 Å². The molecule has 114 valence electrons. The van der Waals surface area contributed by atoms with Gasteiger partial charge in [0.05, 0.1) is 18.6 Å². The van der Waals surface area contributed by atoms with Gasteiger partial charge in [0.2, 0.25) is 10.0 Å². The van der Waals surface area contributed by atoms with Crippen molar-refractivity contribution in [1.82, 2.24) is 4.72 Å². The van der Waals surface area contributed by atoms with E-state index in [4.69, 9.17) is 4.74 Å². The normalized spacial score (nSPS) is 13.2. The maximum absolute atomic E-state index is 12.2. The second-order valence-electron chi connectivity index (χ2n) is 4.44. The van der Waals surface area contributed by atoms with Crippen LogP contribution in [0.2, 0.25) is 0 Å². The van der Waals surface area contributed by atoms with Gasteiger partial charge in [0.15, 0.2) is 0 Å². The molecule has 0 heterocycles. The molecule has 0 amide bonds. The van der Waals surface area contributed by atoms with Gasteiger partial charge in [-0.2, -0.15) is 11.8 Å². The van der Waals surface area contributed by atoms with Gasteiger partial charge in [-0.3, -0.25) is 0 Å². The molecule has 0 spiro atoms. The molecule has 2 N–H and O–H groups in total. The number of aliphatic hydroxyl groups is 1. The summed E-state index contributed by atoms with van der Waals surface area (Å²) in [7, 11) is -2.10. The van der Waals surface area contributed by atoms with Crippen molar-refractivity contribution < 1.29 is 18.3 Å². The Morgan fingerprint density at radius 3 is 2.70 bits per heavy atom. The molecule has 0 aliphatic carbocycles. The summed E-state index contributed by atoms with van der Waals surface area (Å²) in [5.74, 6) is 1.37. The summed E-state index contributed by atoms with van der Waals surface area (Å²) in [5.41, 5.74) is 0.451. The zero-order valence-corrected chi connectivity index (χ0v) is 13.6. The van der Waals surface area contributed by atoms with Crippen LogP contribution in [0, 0.1) is 0 Å². The molecule has 1 rings (SSSR count). The molecule has 0 aliphatic heterocycles. The minimum atomic E-state index is -3.57. The van der Waals surface area contributed by atoms with E-state index < -0.39 is 10.0 Å². The lowest BCUT2D eigenvalue weighted by Crippen LogP contribution is -2.33. The first-order chi connectivity index (χ1) is 9.44. The highest BCUT2D eigenvalue weighted by Gasteiger charge is 2.18. The summed E-state index contributed by atoms with van der Waals surface area (Å²) < 4.78 is 32.2. The minimum Gasteiger partial charge on any atom is -0.496 e. The molecule has 0 aromatic heterocycles. The van der Waals surface area contributed by atoms with Crippen LogP contribution in [0.5, 0.6) is 5.75 Å². The molecule has 0 aliphatic rings. The summed E-state index contributed by atoms with van der Waals surface area (Å²) in [6, 6.07) is 4.32. The van der Waals surface area contributed by atoms with Gasteiger partial charge >= 0.3 is 0 Å². The van der Waals surface area contributed by atoms with E-state index in [1.54, 1.807) is 17.8 Å². The number of hydrogen-bond acceptors (Lipinski definition) is 5. The van der Waals surface area contributed by atoms with E-state index in [-0.39, 0.29) is 17.5 Å². The number of rotatable bonds is 8. The van der Waals surface area contributed by atoms with Crippen LogP contribution in [0.3, 0.4) is 0 Å². The van der Waals surface area contributed by atoms with Crippen LogP contribution in [0.25, 0.3) is 0 Å². The predicted octanol–water partition coefficient (Wildman–Crippen LogP) is 1.61. The summed E-state index contributed by atoms with van der Waals surface area (Å²) in [6.07, 6.45) is 2.75. The molecule has 1 unspecified atom stereocenters. The summed E-state index contributed by atoms with van der Waals surface area (Å²) in [4.78, 5) is 0.137. The average Bonchev–Trinajstić information content (AvgIpc) is 2.43. The zero-order valence-electron chi connectivity index (χ0n) is 11.9. The van der Waals surface area contributed by atoms with Gasteiger partial charge in [0.25, 0.3) is 0 Å². The number of hydrogen-bond donors (Lipinski definition) is 2. The molecule has 0 fully saturated rings. The van der Waals surface area contributed by atoms with Crippen LogP contribution in [0.15, 0.2) is 23.1 Å². The quantitative estimate of drug-likeness (QED) is 0.761. The Hall–Kier alpha value is -0.760. The van der Waals surface area contributed by atoms with E-state index in [0.29, 0.717) is 11.3 Å². The van der Waals surface area contributed by atoms with Crippen LogP contribution >= 0.6 is 11.8 Å².